The summed E-state index contributed by atoms with van der Waals surface area (Å²) in [4.78, 5) is 4.37. The summed E-state index contributed by atoms with van der Waals surface area (Å²) >= 11 is 0. The van der Waals surface area contributed by atoms with Crippen molar-refractivity contribution in [2.45, 2.75) is 6.92 Å². The molecule has 124 valence electrons. The lowest BCUT2D eigenvalue weighted by atomic mass is 10.0. The van der Waals surface area contributed by atoms with Crippen LogP contribution in [0.1, 0.15) is 12.5 Å². The number of nitriles is 1. The first-order chi connectivity index (χ1) is 12.1. The van der Waals surface area contributed by atoms with Gasteiger partial charge in [0.2, 0.25) is 0 Å². The number of hydrogen-bond acceptors (Lipinski definition) is 5. The molecule has 0 bridgehead atoms. The topological polar surface area (TPSA) is 89.8 Å². The number of nitrogens with two attached hydrogens (primary N) is 1. The van der Waals surface area contributed by atoms with Crippen LogP contribution < -0.4 is 10.5 Å². The molecule has 6 heteroatoms. The highest BCUT2D eigenvalue weighted by molar-refractivity contribution is 5.76. The molecule has 0 radical (unpaired) electrons. The standard InChI is InChI=1S/C19H17N5O/c1-13(2)17-11-14(3-8-18(17)21)19-22-12-24(23-19)15-4-6-16(7-5-15)25-10-9-20/h3-8,11-12H,1,10,21H2,2H3. The zero-order valence-corrected chi connectivity index (χ0v) is 13.8. The molecule has 0 saturated heterocycles. The molecule has 0 unspecified atom stereocenters. The largest absolute Gasteiger partial charge is 0.479 e. The quantitative estimate of drug-likeness (QED) is 0.723. The monoisotopic (exact) mass is 331 g/mol. The highest BCUT2D eigenvalue weighted by Gasteiger charge is 2.09. The van der Waals surface area contributed by atoms with Crippen molar-refractivity contribution in [2.24, 2.45) is 0 Å². The maximum atomic E-state index is 8.53. The van der Waals surface area contributed by atoms with E-state index in [1.807, 2.05) is 43.3 Å². The van der Waals surface area contributed by atoms with E-state index in [4.69, 9.17) is 15.7 Å². The van der Waals surface area contributed by atoms with Crippen LogP contribution in [-0.2, 0) is 0 Å². The molecule has 1 heterocycles. The molecule has 3 aromatic rings. The Morgan fingerprint density at radius 1 is 1.28 bits per heavy atom. The normalized spacial score (nSPS) is 10.2. The average Bonchev–Trinajstić information content (AvgIpc) is 3.10. The van der Waals surface area contributed by atoms with Crippen LogP contribution in [0.5, 0.6) is 5.75 Å². The van der Waals surface area contributed by atoms with Crippen molar-refractivity contribution < 1.29 is 4.74 Å². The number of allylic oxidation sites excluding steroid dienone is 1. The molecule has 6 nitrogen and oxygen atoms in total. The molecule has 0 amide bonds. The summed E-state index contributed by atoms with van der Waals surface area (Å²) in [5.74, 6) is 1.24. The van der Waals surface area contributed by atoms with Crippen LogP contribution >= 0.6 is 0 Å². The summed E-state index contributed by atoms with van der Waals surface area (Å²) in [6.07, 6.45) is 1.65. The molecule has 25 heavy (non-hydrogen) atoms. The predicted octanol–water partition coefficient (Wildman–Crippen LogP) is 3.45. The van der Waals surface area contributed by atoms with Gasteiger partial charge in [-0.1, -0.05) is 6.58 Å². The van der Waals surface area contributed by atoms with Crippen molar-refractivity contribution in [3.05, 3.63) is 60.9 Å². The average molecular weight is 331 g/mol. The van der Waals surface area contributed by atoms with Crippen LogP contribution in [0.25, 0.3) is 22.6 Å². The summed E-state index contributed by atoms with van der Waals surface area (Å²) in [5, 5.41) is 13.0. The zero-order valence-electron chi connectivity index (χ0n) is 13.8. The van der Waals surface area contributed by atoms with Crippen LogP contribution in [0.15, 0.2) is 55.4 Å². The van der Waals surface area contributed by atoms with E-state index < -0.39 is 0 Å². The van der Waals surface area contributed by atoms with Crippen LogP contribution in [0.2, 0.25) is 0 Å². The minimum atomic E-state index is 0.0228. The lowest BCUT2D eigenvalue weighted by molar-refractivity contribution is 0.368. The Hall–Kier alpha value is -3.59. The van der Waals surface area contributed by atoms with E-state index in [2.05, 4.69) is 16.7 Å². The molecule has 0 saturated carbocycles. The molecule has 0 atom stereocenters. The maximum Gasteiger partial charge on any atom is 0.181 e. The van der Waals surface area contributed by atoms with E-state index in [0.717, 1.165) is 22.4 Å². The van der Waals surface area contributed by atoms with Gasteiger partial charge in [0.1, 0.15) is 18.1 Å². The van der Waals surface area contributed by atoms with E-state index in [-0.39, 0.29) is 6.61 Å². The van der Waals surface area contributed by atoms with Crippen molar-refractivity contribution in [3.63, 3.8) is 0 Å². The second kappa shape index (κ2) is 6.89. The molecule has 0 aliphatic rings. The van der Waals surface area contributed by atoms with Crippen LogP contribution in [0, 0.1) is 11.3 Å². The van der Waals surface area contributed by atoms with Gasteiger partial charge in [0, 0.05) is 16.8 Å². The van der Waals surface area contributed by atoms with Crippen molar-refractivity contribution in [3.8, 4) is 28.9 Å². The minimum absolute atomic E-state index is 0.0228. The fourth-order valence-corrected chi connectivity index (χ4v) is 2.40. The molecular formula is C19H17N5O. The van der Waals surface area contributed by atoms with Gasteiger partial charge in [0.15, 0.2) is 12.4 Å². The highest BCUT2D eigenvalue weighted by Crippen LogP contribution is 2.26. The van der Waals surface area contributed by atoms with E-state index in [9.17, 15) is 0 Å². The summed E-state index contributed by atoms with van der Waals surface area (Å²) < 4.78 is 6.92. The van der Waals surface area contributed by atoms with Crippen molar-refractivity contribution >= 4 is 11.3 Å². The Bertz CT molecular complexity index is 951. The number of nitrogens with zero attached hydrogens (tertiary/aromatic N) is 4. The Balaban J connectivity index is 1.86. The van der Waals surface area contributed by atoms with Gasteiger partial charge in [-0.15, -0.1) is 5.10 Å². The number of rotatable bonds is 5. The highest BCUT2D eigenvalue weighted by atomic mass is 16.5. The smallest absolute Gasteiger partial charge is 0.181 e. The molecule has 3 rings (SSSR count). The predicted molar refractivity (Wildman–Crippen MR) is 97.0 cm³/mol. The van der Waals surface area contributed by atoms with Gasteiger partial charge in [0.05, 0.1) is 5.69 Å². The number of anilines is 1. The zero-order chi connectivity index (χ0) is 17.8. The fraction of sp³-hybridized carbons (Fsp3) is 0.105. The van der Waals surface area contributed by atoms with Gasteiger partial charge in [0.25, 0.3) is 0 Å². The molecule has 1 aromatic heterocycles. The Labute approximate surface area is 145 Å². The number of aromatic nitrogens is 3. The van der Waals surface area contributed by atoms with Gasteiger partial charge < -0.3 is 10.5 Å². The van der Waals surface area contributed by atoms with Gasteiger partial charge in [-0.25, -0.2) is 9.67 Å². The minimum Gasteiger partial charge on any atom is -0.479 e. The summed E-state index contributed by atoms with van der Waals surface area (Å²) in [6, 6.07) is 14.9. The van der Waals surface area contributed by atoms with Gasteiger partial charge >= 0.3 is 0 Å². The van der Waals surface area contributed by atoms with E-state index in [0.29, 0.717) is 17.3 Å². The maximum absolute atomic E-state index is 8.53. The number of ether oxygens (including phenoxy) is 1. The molecular weight excluding hydrogens is 314 g/mol. The van der Waals surface area contributed by atoms with Gasteiger partial charge in [-0.05, 0) is 55.0 Å². The Morgan fingerprint density at radius 2 is 2.04 bits per heavy atom. The first-order valence-corrected chi connectivity index (χ1v) is 7.66. The van der Waals surface area contributed by atoms with E-state index >= 15 is 0 Å². The first kappa shape index (κ1) is 16.3. The second-order valence-electron chi connectivity index (χ2n) is 5.54. The summed E-state index contributed by atoms with van der Waals surface area (Å²) in [7, 11) is 0. The molecule has 0 spiro atoms. The van der Waals surface area contributed by atoms with Crippen molar-refractivity contribution in [1.82, 2.24) is 14.8 Å². The molecule has 0 fully saturated rings. The Morgan fingerprint density at radius 3 is 2.72 bits per heavy atom. The Kier molecular flexibility index (Phi) is 4.48. The summed E-state index contributed by atoms with van der Waals surface area (Å²) in [5.41, 5.74) is 10.2. The second-order valence-corrected chi connectivity index (χ2v) is 5.54. The molecule has 0 aliphatic heterocycles. The number of hydrogen-bond donors (Lipinski definition) is 1. The SMILES string of the molecule is C=C(C)c1cc(-c2ncn(-c3ccc(OCC#N)cc3)n2)ccc1N. The third-order valence-electron chi connectivity index (χ3n) is 3.67. The van der Waals surface area contributed by atoms with E-state index in [1.165, 1.54) is 0 Å². The summed E-state index contributed by atoms with van der Waals surface area (Å²) in [6.45, 7) is 5.88. The molecule has 0 aliphatic carbocycles. The van der Waals surface area contributed by atoms with Crippen molar-refractivity contribution in [2.75, 3.05) is 12.3 Å². The van der Waals surface area contributed by atoms with Crippen LogP contribution in [-0.4, -0.2) is 21.4 Å². The number of benzene rings is 2. The lowest BCUT2D eigenvalue weighted by Gasteiger charge is -2.06. The third-order valence-corrected chi connectivity index (χ3v) is 3.67. The number of nitrogen functional groups attached to an aromatic ring is 1. The van der Waals surface area contributed by atoms with Gasteiger partial charge in [-0.2, -0.15) is 5.26 Å². The molecule has 2 aromatic carbocycles. The fourth-order valence-electron chi connectivity index (χ4n) is 2.40. The lowest BCUT2D eigenvalue weighted by Crippen LogP contribution is -1.97. The van der Waals surface area contributed by atoms with Crippen LogP contribution in [0.4, 0.5) is 5.69 Å². The molecule has 2 N–H and O–H groups in total. The van der Waals surface area contributed by atoms with Crippen molar-refractivity contribution in [1.29, 1.82) is 5.26 Å². The van der Waals surface area contributed by atoms with Crippen LogP contribution in [0.3, 0.4) is 0 Å². The third kappa shape index (κ3) is 3.51. The van der Waals surface area contributed by atoms with Gasteiger partial charge in [-0.3, -0.25) is 0 Å². The van der Waals surface area contributed by atoms with E-state index in [1.54, 1.807) is 23.1 Å². The first-order valence-electron chi connectivity index (χ1n) is 7.66.